The van der Waals surface area contributed by atoms with Crippen molar-refractivity contribution in [2.45, 2.75) is 0 Å². The average molecular weight is 339 g/mol. The lowest BCUT2D eigenvalue weighted by molar-refractivity contribution is 0.0739. The Kier molecular flexibility index (Phi) is 3.98. The Labute approximate surface area is 150 Å². The molecule has 0 atom stereocenters. The molecule has 1 radical (unpaired) electrons. The first-order valence-corrected chi connectivity index (χ1v) is 8.22. The van der Waals surface area contributed by atoms with Gasteiger partial charge in [0.2, 0.25) is 0 Å². The molecule has 0 N–H and O–H groups in total. The van der Waals surface area contributed by atoms with Crippen LogP contribution in [0.3, 0.4) is 0 Å². The van der Waals surface area contributed by atoms with Gasteiger partial charge in [0.1, 0.15) is 5.75 Å². The van der Waals surface area contributed by atoms with Gasteiger partial charge in [-0.2, -0.15) is 0 Å². The first-order chi connectivity index (χ1) is 12.6. The number of carbonyl (C=O) groups is 2. The van der Waals surface area contributed by atoms with Gasteiger partial charge in [-0.25, -0.2) is 4.79 Å². The van der Waals surface area contributed by atoms with E-state index in [9.17, 15) is 9.59 Å². The lowest BCUT2D eigenvalue weighted by Crippen LogP contribution is -2.10. The predicted molar refractivity (Wildman–Crippen MR) is 103 cm³/mol. The van der Waals surface area contributed by atoms with Crippen LogP contribution in [0.5, 0.6) is 5.75 Å². The third kappa shape index (κ3) is 2.84. The number of carbonyl (C=O) groups excluding carboxylic acids is 2. The molecular weight excluding hydrogens is 324 g/mol. The number of ether oxygens (including phenoxy) is 1. The minimum absolute atomic E-state index is 0.275. The second kappa shape index (κ2) is 6.45. The van der Waals surface area contributed by atoms with Gasteiger partial charge in [0, 0.05) is 12.5 Å². The summed E-state index contributed by atoms with van der Waals surface area (Å²) < 4.78 is 5.58. The smallest absolute Gasteiger partial charge is 0.344 e. The fourth-order valence-corrected chi connectivity index (χ4v) is 3.10. The summed E-state index contributed by atoms with van der Waals surface area (Å²) in [6.07, 6.45) is 0. The molecule has 0 unspecified atom stereocenters. The Morgan fingerprint density at radius 2 is 1.27 bits per heavy atom. The van der Waals surface area contributed by atoms with Gasteiger partial charge in [0.15, 0.2) is 5.78 Å². The molecule has 0 amide bonds. The Balaban J connectivity index is 1.81. The van der Waals surface area contributed by atoms with Crippen molar-refractivity contribution < 1.29 is 14.3 Å². The maximum atomic E-state index is 13.0. The van der Waals surface area contributed by atoms with E-state index in [2.05, 4.69) is 13.0 Å². The summed E-state index contributed by atoms with van der Waals surface area (Å²) in [6, 6.07) is 24.0. The minimum atomic E-state index is -0.424. The number of Topliss-reactive ketones (excluding diaryl/α,β-unsaturated/α-hetero) is 1. The first-order valence-electron chi connectivity index (χ1n) is 8.22. The van der Waals surface area contributed by atoms with E-state index >= 15 is 0 Å². The van der Waals surface area contributed by atoms with E-state index in [4.69, 9.17) is 4.74 Å². The zero-order valence-electron chi connectivity index (χ0n) is 13.9. The molecule has 125 valence electrons. The molecular formula is C23H15O3. The van der Waals surface area contributed by atoms with Crippen LogP contribution in [0.2, 0.25) is 0 Å². The van der Waals surface area contributed by atoms with Crippen molar-refractivity contribution in [2.75, 3.05) is 0 Å². The fraction of sp³-hybridized carbons (Fsp3) is 0. The Morgan fingerprint density at radius 1 is 0.731 bits per heavy atom. The third-order valence-corrected chi connectivity index (χ3v) is 4.36. The molecule has 0 heterocycles. The SMILES string of the molecule is [CH2]C(=O)c1ccc(OC(=O)c2c3ccccc3cc3ccccc23)cc1. The van der Waals surface area contributed by atoms with Crippen molar-refractivity contribution in [3.05, 3.63) is 96.9 Å². The van der Waals surface area contributed by atoms with Crippen LogP contribution < -0.4 is 4.74 Å². The second-order valence-corrected chi connectivity index (χ2v) is 6.03. The molecule has 0 saturated carbocycles. The summed E-state index contributed by atoms with van der Waals surface area (Å²) in [5.41, 5.74) is 1.01. The maximum absolute atomic E-state index is 13.0. The zero-order valence-corrected chi connectivity index (χ0v) is 13.9. The molecule has 0 fully saturated rings. The summed E-state index contributed by atoms with van der Waals surface area (Å²) in [4.78, 5) is 24.2. The van der Waals surface area contributed by atoms with Gasteiger partial charge < -0.3 is 4.74 Å². The van der Waals surface area contributed by atoms with Gasteiger partial charge in [0.25, 0.3) is 0 Å². The molecule has 0 saturated heterocycles. The van der Waals surface area contributed by atoms with E-state index in [1.807, 2.05) is 48.5 Å². The van der Waals surface area contributed by atoms with Crippen LogP contribution in [0.15, 0.2) is 78.9 Å². The summed E-state index contributed by atoms with van der Waals surface area (Å²) in [6.45, 7) is 3.37. The third-order valence-electron chi connectivity index (χ3n) is 4.36. The van der Waals surface area contributed by atoms with E-state index in [-0.39, 0.29) is 5.78 Å². The molecule has 0 aromatic heterocycles. The number of benzene rings is 4. The van der Waals surface area contributed by atoms with Crippen molar-refractivity contribution in [3.63, 3.8) is 0 Å². The summed E-state index contributed by atoms with van der Waals surface area (Å²) >= 11 is 0. The van der Waals surface area contributed by atoms with Crippen LogP contribution in [0.4, 0.5) is 0 Å². The molecule has 0 spiro atoms. The van der Waals surface area contributed by atoms with Gasteiger partial charge in [-0.1, -0.05) is 48.5 Å². The van der Waals surface area contributed by atoms with E-state index in [0.717, 1.165) is 21.5 Å². The van der Waals surface area contributed by atoms with Gasteiger partial charge in [-0.15, -0.1) is 0 Å². The Bertz CT molecular complexity index is 1090. The highest BCUT2D eigenvalue weighted by molar-refractivity contribution is 6.17. The van der Waals surface area contributed by atoms with E-state index in [0.29, 0.717) is 16.9 Å². The van der Waals surface area contributed by atoms with E-state index in [1.165, 1.54) is 0 Å². The first kappa shape index (κ1) is 16.0. The number of ketones is 1. The van der Waals surface area contributed by atoms with Crippen LogP contribution in [0.25, 0.3) is 21.5 Å². The summed E-state index contributed by atoms with van der Waals surface area (Å²) in [7, 11) is 0. The number of fused-ring (bicyclic) bond motifs is 2. The van der Waals surface area contributed by atoms with Crippen molar-refractivity contribution in [1.82, 2.24) is 0 Å². The molecule has 4 aromatic rings. The van der Waals surface area contributed by atoms with Gasteiger partial charge in [-0.3, -0.25) is 4.79 Å². The normalized spacial score (nSPS) is 10.8. The van der Waals surface area contributed by atoms with Crippen LogP contribution in [-0.4, -0.2) is 11.8 Å². The van der Waals surface area contributed by atoms with Gasteiger partial charge in [0.05, 0.1) is 5.56 Å². The molecule has 0 bridgehead atoms. The second-order valence-electron chi connectivity index (χ2n) is 6.03. The summed E-state index contributed by atoms with van der Waals surface area (Å²) in [5, 5.41) is 3.66. The van der Waals surface area contributed by atoms with Gasteiger partial charge in [-0.05, 0) is 51.9 Å². The van der Waals surface area contributed by atoms with Crippen molar-refractivity contribution in [3.8, 4) is 5.75 Å². The van der Waals surface area contributed by atoms with Crippen molar-refractivity contribution in [2.24, 2.45) is 0 Å². The number of hydrogen-bond donors (Lipinski definition) is 0. The largest absolute Gasteiger partial charge is 0.423 e. The predicted octanol–water partition coefficient (Wildman–Crippen LogP) is 5.23. The zero-order chi connectivity index (χ0) is 18.1. The topological polar surface area (TPSA) is 43.4 Å². The molecule has 0 aliphatic carbocycles. The molecule has 3 nitrogen and oxygen atoms in total. The van der Waals surface area contributed by atoms with Crippen LogP contribution >= 0.6 is 0 Å². The molecule has 0 aliphatic rings. The lowest BCUT2D eigenvalue weighted by atomic mass is 9.97. The standard InChI is InChI=1S/C23H15O3/c1-15(24)16-10-12-19(13-11-16)26-23(25)22-20-8-4-2-6-17(20)14-18-7-3-5-9-21(18)22/h2-14H,1H2. The number of esters is 1. The summed E-state index contributed by atoms with van der Waals surface area (Å²) in [5.74, 6) is -0.313. The van der Waals surface area contributed by atoms with E-state index < -0.39 is 5.97 Å². The number of rotatable bonds is 3. The highest BCUT2D eigenvalue weighted by Crippen LogP contribution is 2.29. The maximum Gasteiger partial charge on any atom is 0.344 e. The highest BCUT2D eigenvalue weighted by atomic mass is 16.5. The average Bonchev–Trinajstić information content (AvgIpc) is 2.66. The highest BCUT2D eigenvalue weighted by Gasteiger charge is 2.17. The monoisotopic (exact) mass is 339 g/mol. The van der Waals surface area contributed by atoms with E-state index in [1.54, 1.807) is 24.3 Å². The minimum Gasteiger partial charge on any atom is -0.423 e. The van der Waals surface area contributed by atoms with Crippen molar-refractivity contribution in [1.29, 1.82) is 0 Å². The number of hydrogen-bond acceptors (Lipinski definition) is 3. The lowest BCUT2D eigenvalue weighted by Gasteiger charge is -2.11. The molecule has 4 aromatic carbocycles. The molecule has 3 heteroatoms. The van der Waals surface area contributed by atoms with Crippen LogP contribution in [0.1, 0.15) is 20.7 Å². The van der Waals surface area contributed by atoms with Gasteiger partial charge >= 0.3 is 5.97 Å². The Morgan fingerprint density at radius 3 is 1.81 bits per heavy atom. The van der Waals surface area contributed by atoms with Crippen molar-refractivity contribution >= 4 is 33.3 Å². The van der Waals surface area contributed by atoms with Crippen LogP contribution in [-0.2, 0) is 0 Å². The Hall–Kier alpha value is -3.46. The molecule has 4 rings (SSSR count). The molecule has 26 heavy (non-hydrogen) atoms. The fourth-order valence-electron chi connectivity index (χ4n) is 3.10. The quantitative estimate of drug-likeness (QED) is 0.222. The van der Waals surface area contributed by atoms with Crippen LogP contribution in [0, 0.1) is 6.92 Å². The molecule has 0 aliphatic heterocycles.